The zero-order chi connectivity index (χ0) is 12.8. The van der Waals surface area contributed by atoms with E-state index < -0.39 is 9.84 Å². The summed E-state index contributed by atoms with van der Waals surface area (Å²) in [6.07, 6.45) is 2.46. The molecule has 2 aliphatic rings. The van der Waals surface area contributed by atoms with Crippen molar-refractivity contribution in [1.29, 1.82) is 0 Å². The summed E-state index contributed by atoms with van der Waals surface area (Å²) in [5, 5.41) is 3.32. The highest BCUT2D eigenvalue weighted by Gasteiger charge is 2.22. The minimum absolute atomic E-state index is 0.358. The fourth-order valence-corrected chi connectivity index (χ4v) is 3.99. The van der Waals surface area contributed by atoms with Crippen LogP contribution in [0, 0.1) is 17.8 Å². The Morgan fingerprint density at radius 2 is 1.78 bits per heavy atom. The number of piperazine rings is 1. The summed E-state index contributed by atoms with van der Waals surface area (Å²) < 4.78 is 22.6. The molecule has 18 heavy (non-hydrogen) atoms. The molecule has 5 heteroatoms. The maximum atomic E-state index is 11.3. The van der Waals surface area contributed by atoms with Crippen molar-refractivity contribution in [1.82, 2.24) is 10.2 Å². The first-order valence-corrected chi connectivity index (χ1v) is 8.57. The fraction of sp³-hybridized carbons (Fsp3) is 0.846. The molecule has 0 aliphatic carbocycles. The molecule has 0 bridgehead atoms. The van der Waals surface area contributed by atoms with Crippen LogP contribution in [0.1, 0.15) is 19.3 Å². The second-order valence-electron chi connectivity index (χ2n) is 5.18. The Morgan fingerprint density at radius 1 is 1.11 bits per heavy atom. The van der Waals surface area contributed by atoms with Crippen molar-refractivity contribution in [2.24, 2.45) is 5.92 Å². The third-order valence-corrected chi connectivity index (χ3v) is 5.42. The van der Waals surface area contributed by atoms with Gasteiger partial charge in [-0.25, -0.2) is 8.42 Å². The summed E-state index contributed by atoms with van der Waals surface area (Å²) in [6, 6.07) is 0. The zero-order valence-corrected chi connectivity index (χ0v) is 11.6. The van der Waals surface area contributed by atoms with Crippen LogP contribution in [0.5, 0.6) is 0 Å². The smallest absolute Gasteiger partial charge is 0.150 e. The van der Waals surface area contributed by atoms with Gasteiger partial charge in [-0.2, -0.15) is 0 Å². The average Bonchev–Trinajstić information content (AvgIpc) is 2.37. The Morgan fingerprint density at radius 3 is 2.44 bits per heavy atom. The summed E-state index contributed by atoms with van der Waals surface area (Å²) >= 11 is 0. The van der Waals surface area contributed by atoms with Crippen LogP contribution in [0.15, 0.2) is 0 Å². The van der Waals surface area contributed by atoms with Crippen LogP contribution < -0.4 is 5.32 Å². The lowest BCUT2D eigenvalue weighted by molar-refractivity contribution is 0.268. The van der Waals surface area contributed by atoms with Crippen LogP contribution in [-0.4, -0.2) is 57.5 Å². The van der Waals surface area contributed by atoms with E-state index in [-0.39, 0.29) is 0 Å². The van der Waals surface area contributed by atoms with Gasteiger partial charge in [-0.3, -0.25) is 4.90 Å². The molecular formula is C13H22N2O2S. The van der Waals surface area contributed by atoms with Crippen LogP contribution in [-0.2, 0) is 9.84 Å². The van der Waals surface area contributed by atoms with E-state index in [1.54, 1.807) is 0 Å². The van der Waals surface area contributed by atoms with E-state index in [0.29, 0.717) is 17.4 Å². The van der Waals surface area contributed by atoms with E-state index >= 15 is 0 Å². The predicted molar refractivity (Wildman–Crippen MR) is 73.1 cm³/mol. The first-order chi connectivity index (χ1) is 8.66. The molecule has 2 rings (SSSR count). The highest BCUT2D eigenvalue weighted by atomic mass is 32.2. The number of hydrogen-bond donors (Lipinski definition) is 1. The Hall–Kier alpha value is -0.570. The average molecular weight is 270 g/mol. The van der Waals surface area contributed by atoms with Crippen LogP contribution in [0.2, 0.25) is 0 Å². The van der Waals surface area contributed by atoms with Gasteiger partial charge >= 0.3 is 0 Å². The minimum Gasteiger partial charge on any atom is -0.314 e. The van der Waals surface area contributed by atoms with Crippen LogP contribution in [0.3, 0.4) is 0 Å². The van der Waals surface area contributed by atoms with E-state index in [0.717, 1.165) is 52.0 Å². The summed E-state index contributed by atoms with van der Waals surface area (Å²) in [6.45, 7) is 5.13. The molecule has 0 saturated carbocycles. The number of rotatable bonds is 2. The third kappa shape index (κ3) is 4.60. The standard InChI is InChI=1S/C13H22N2O2S/c16-18(17)11-4-13(5-12-18)3-1-2-8-15-9-6-14-7-10-15/h13-14H,3-12H2. The molecule has 2 aliphatic heterocycles. The Labute approximate surface area is 110 Å². The molecule has 0 atom stereocenters. The molecule has 0 aromatic rings. The lowest BCUT2D eigenvalue weighted by Crippen LogP contribution is -2.43. The molecule has 0 radical (unpaired) electrons. The molecule has 4 nitrogen and oxygen atoms in total. The minimum atomic E-state index is -2.73. The normalized spacial score (nSPS) is 25.3. The van der Waals surface area contributed by atoms with Crippen molar-refractivity contribution in [2.45, 2.75) is 19.3 Å². The molecule has 0 amide bonds. The number of sulfone groups is 1. The highest BCUT2D eigenvalue weighted by molar-refractivity contribution is 7.91. The Kier molecular flexibility index (Phi) is 5.04. The van der Waals surface area contributed by atoms with Gasteiger partial charge in [0.1, 0.15) is 9.84 Å². The lowest BCUT2D eigenvalue weighted by Gasteiger charge is -2.24. The molecule has 102 valence electrons. The number of nitrogens with zero attached hydrogens (tertiary/aromatic N) is 1. The zero-order valence-electron chi connectivity index (χ0n) is 10.8. The van der Waals surface area contributed by atoms with E-state index in [2.05, 4.69) is 22.1 Å². The van der Waals surface area contributed by atoms with E-state index in [1.165, 1.54) is 0 Å². The van der Waals surface area contributed by atoms with Gasteiger partial charge in [-0.1, -0.05) is 5.92 Å². The van der Waals surface area contributed by atoms with Gasteiger partial charge in [-0.15, -0.1) is 5.92 Å². The van der Waals surface area contributed by atoms with Crippen molar-refractivity contribution in [3.05, 3.63) is 0 Å². The van der Waals surface area contributed by atoms with Gasteiger partial charge in [0.05, 0.1) is 18.1 Å². The molecule has 0 aromatic heterocycles. The summed E-state index contributed by atoms with van der Waals surface area (Å²) in [5.41, 5.74) is 0. The number of nitrogens with one attached hydrogen (secondary N) is 1. The van der Waals surface area contributed by atoms with Crippen molar-refractivity contribution in [3.63, 3.8) is 0 Å². The van der Waals surface area contributed by atoms with E-state index in [1.807, 2.05) is 0 Å². The molecule has 2 saturated heterocycles. The first-order valence-electron chi connectivity index (χ1n) is 6.75. The number of hydrogen-bond acceptors (Lipinski definition) is 4. The lowest BCUT2D eigenvalue weighted by atomic mass is 9.99. The van der Waals surface area contributed by atoms with Gasteiger partial charge in [0, 0.05) is 32.6 Å². The van der Waals surface area contributed by atoms with E-state index in [4.69, 9.17) is 0 Å². The predicted octanol–water partition coefficient (Wildman–Crippen LogP) is 0.110. The molecule has 0 aromatic carbocycles. The molecular weight excluding hydrogens is 248 g/mol. The van der Waals surface area contributed by atoms with Crippen LogP contribution >= 0.6 is 0 Å². The van der Waals surface area contributed by atoms with Gasteiger partial charge in [0.15, 0.2) is 0 Å². The van der Waals surface area contributed by atoms with Crippen molar-refractivity contribution < 1.29 is 8.42 Å². The van der Waals surface area contributed by atoms with Gasteiger partial charge in [0.25, 0.3) is 0 Å². The summed E-state index contributed by atoms with van der Waals surface area (Å²) in [4.78, 5) is 2.36. The Bertz CT molecular complexity index is 402. The summed E-state index contributed by atoms with van der Waals surface area (Å²) in [7, 11) is -2.73. The van der Waals surface area contributed by atoms with Gasteiger partial charge < -0.3 is 5.32 Å². The third-order valence-electron chi connectivity index (χ3n) is 3.70. The Balaban J connectivity index is 1.66. The monoisotopic (exact) mass is 270 g/mol. The second kappa shape index (κ2) is 6.55. The maximum absolute atomic E-state index is 11.3. The summed E-state index contributed by atoms with van der Waals surface area (Å²) in [5.74, 6) is 7.65. The maximum Gasteiger partial charge on any atom is 0.150 e. The quantitative estimate of drug-likeness (QED) is 0.724. The van der Waals surface area contributed by atoms with Crippen LogP contribution in [0.25, 0.3) is 0 Å². The van der Waals surface area contributed by atoms with Crippen molar-refractivity contribution >= 4 is 9.84 Å². The fourth-order valence-electron chi connectivity index (χ4n) is 2.40. The molecule has 2 fully saturated rings. The van der Waals surface area contributed by atoms with E-state index in [9.17, 15) is 8.42 Å². The molecule has 1 N–H and O–H groups in total. The van der Waals surface area contributed by atoms with Gasteiger partial charge in [0.2, 0.25) is 0 Å². The molecule has 0 spiro atoms. The largest absolute Gasteiger partial charge is 0.314 e. The highest BCUT2D eigenvalue weighted by Crippen LogP contribution is 2.21. The second-order valence-corrected chi connectivity index (χ2v) is 7.48. The van der Waals surface area contributed by atoms with Crippen molar-refractivity contribution in [3.8, 4) is 11.8 Å². The van der Waals surface area contributed by atoms with Crippen LogP contribution in [0.4, 0.5) is 0 Å². The van der Waals surface area contributed by atoms with Gasteiger partial charge in [-0.05, 0) is 18.8 Å². The SMILES string of the molecule is O=S1(=O)CCC(CC#CCN2CCNCC2)CC1. The first kappa shape index (κ1) is 13.9. The molecule has 0 unspecified atom stereocenters. The van der Waals surface area contributed by atoms with Crippen molar-refractivity contribution in [2.75, 3.05) is 44.2 Å². The topological polar surface area (TPSA) is 49.4 Å². The molecule has 2 heterocycles.